The van der Waals surface area contributed by atoms with Crippen LogP contribution in [0.1, 0.15) is 29.3 Å². The van der Waals surface area contributed by atoms with E-state index in [4.69, 9.17) is 0 Å². The van der Waals surface area contributed by atoms with Gasteiger partial charge in [-0.2, -0.15) is 0 Å². The van der Waals surface area contributed by atoms with E-state index in [2.05, 4.69) is 0 Å². The average molecular weight is 180 g/mol. The lowest BCUT2D eigenvalue weighted by Gasteiger charge is -2.21. The van der Waals surface area contributed by atoms with Crippen LogP contribution in [0.5, 0.6) is 0 Å². The highest BCUT2D eigenvalue weighted by Gasteiger charge is 2.25. The highest BCUT2D eigenvalue weighted by Crippen LogP contribution is 2.23. The molecule has 1 aromatic carbocycles. The Balaban J connectivity index is 3.20. The molecule has 0 aliphatic rings. The van der Waals surface area contributed by atoms with E-state index in [-0.39, 0.29) is 12.0 Å². The number of hydrogen-bond acceptors (Lipinski definition) is 3. The molecule has 3 heteroatoms. The van der Waals surface area contributed by atoms with Gasteiger partial charge in [0.2, 0.25) is 0 Å². The molecule has 0 aromatic heterocycles. The first kappa shape index (κ1) is 9.89. The van der Waals surface area contributed by atoms with Crippen LogP contribution in [0.25, 0.3) is 0 Å². The standard InChI is InChI=1S/C10H12O3/c1-2-10(12,13)9-6-4-3-5-8(9)7-11/h3-7,12-13H,2H2,1H3. The van der Waals surface area contributed by atoms with Gasteiger partial charge in [-0.25, -0.2) is 0 Å². The Hall–Kier alpha value is -1.19. The summed E-state index contributed by atoms with van der Waals surface area (Å²) >= 11 is 0. The predicted octanol–water partition coefficient (Wildman–Crippen LogP) is 1.05. The molecule has 0 amide bonds. The van der Waals surface area contributed by atoms with Crippen molar-refractivity contribution in [2.24, 2.45) is 0 Å². The molecule has 0 saturated heterocycles. The van der Waals surface area contributed by atoms with E-state index in [1.54, 1.807) is 25.1 Å². The molecular weight excluding hydrogens is 168 g/mol. The lowest BCUT2D eigenvalue weighted by Crippen LogP contribution is -2.25. The monoisotopic (exact) mass is 180 g/mol. The van der Waals surface area contributed by atoms with Crippen LogP contribution in [0, 0.1) is 0 Å². The second-order valence-corrected chi connectivity index (χ2v) is 2.88. The minimum Gasteiger partial charge on any atom is -0.362 e. The molecule has 1 aromatic rings. The summed E-state index contributed by atoms with van der Waals surface area (Å²) in [4.78, 5) is 10.6. The summed E-state index contributed by atoms with van der Waals surface area (Å²) in [5.74, 6) is -1.91. The highest BCUT2D eigenvalue weighted by atomic mass is 16.5. The maximum Gasteiger partial charge on any atom is 0.190 e. The van der Waals surface area contributed by atoms with Gasteiger partial charge >= 0.3 is 0 Å². The third-order valence-electron chi connectivity index (χ3n) is 2.01. The Kier molecular flexibility index (Phi) is 2.80. The lowest BCUT2D eigenvalue weighted by atomic mass is 9.98. The molecule has 0 saturated carbocycles. The molecule has 0 aliphatic heterocycles. The van der Waals surface area contributed by atoms with Crippen LogP contribution in [0.4, 0.5) is 0 Å². The fraction of sp³-hybridized carbons (Fsp3) is 0.300. The average Bonchev–Trinajstić information content (AvgIpc) is 2.18. The van der Waals surface area contributed by atoms with Gasteiger partial charge in [0.15, 0.2) is 12.1 Å². The van der Waals surface area contributed by atoms with Crippen LogP contribution in [-0.2, 0) is 5.79 Å². The maximum atomic E-state index is 10.6. The highest BCUT2D eigenvalue weighted by molar-refractivity contribution is 5.77. The zero-order chi connectivity index (χ0) is 9.90. The van der Waals surface area contributed by atoms with Crippen LogP contribution >= 0.6 is 0 Å². The van der Waals surface area contributed by atoms with Crippen molar-refractivity contribution in [3.8, 4) is 0 Å². The summed E-state index contributed by atoms with van der Waals surface area (Å²) in [5.41, 5.74) is 0.571. The first-order valence-corrected chi connectivity index (χ1v) is 4.11. The zero-order valence-corrected chi connectivity index (χ0v) is 7.40. The molecule has 0 heterocycles. The molecule has 0 unspecified atom stereocenters. The van der Waals surface area contributed by atoms with Crippen molar-refractivity contribution < 1.29 is 15.0 Å². The zero-order valence-electron chi connectivity index (χ0n) is 7.40. The molecule has 13 heavy (non-hydrogen) atoms. The van der Waals surface area contributed by atoms with Gasteiger partial charge in [0.1, 0.15) is 0 Å². The minimum absolute atomic E-state index is 0.151. The first-order chi connectivity index (χ1) is 6.11. The van der Waals surface area contributed by atoms with Gasteiger partial charge in [0.05, 0.1) is 0 Å². The van der Waals surface area contributed by atoms with Crippen molar-refractivity contribution in [2.75, 3.05) is 0 Å². The summed E-state index contributed by atoms with van der Waals surface area (Å²) < 4.78 is 0. The number of rotatable bonds is 3. The lowest BCUT2D eigenvalue weighted by molar-refractivity contribution is -0.171. The van der Waals surface area contributed by atoms with Gasteiger partial charge in [-0.1, -0.05) is 31.2 Å². The smallest absolute Gasteiger partial charge is 0.190 e. The van der Waals surface area contributed by atoms with Crippen molar-refractivity contribution in [3.63, 3.8) is 0 Å². The molecule has 70 valence electrons. The van der Waals surface area contributed by atoms with Gasteiger partial charge in [0.25, 0.3) is 0 Å². The third-order valence-corrected chi connectivity index (χ3v) is 2.01. The van der Waals surface area contributed by atoms with Gasteiger partial charge in [-0.15, -0.1) is 0 Å². The quantitative estimate of drug-likeness (QED) is 0.540. The van der Waals surface area contributed by atoms with E-state index >= 15 is 0 Å². The van der Waals surface area contributed by atoms with Crippen LogP contribution in [-0.4, -0.2) is 16.5 Å². The van der Waals surface area contributed by atoms with Crippen molar-refractivity contribution in [3.05, 3.63) is 35.4 Å². The van der Waals surface area contributed by atoms with Gasteiger partial charge < -0.3 is 10.2 Å². The number of aliphatic hydroxyl groups is 2. The summed E-state index contributed by atoms with van der Waals surface area (Å²) in [5, 5.41) is 19.0. The Morgan fingerprint density at radius 2 is 2.00 bits per heavy atom. The molecule has 0 atom stereocenters. The molecule has 0 aliphatic carbocycles. The molecule has 0 spiro atoms. The van der Waals surface area contributed by atoms with E-state index in [1.165, 1.54) is 6.07 Å². The van der Waals surface area contributed by atoms with Crippen molar-refractivity contribution in [1.29, 1.82) is 0 Å². The van der Waals surface area contributed by atoms with Crippen LogP contribution in [0.15, 0.2) is 24.3 Å². The van der Waals surface area contributed by atoms with E-state index in [0.717, 1.165) is 0 Å². The summed E-state index contributed by atoms with van der Waals surface area (Å²) in [6, 6.07) is 6.44. The van der Waals surface area contributed by atoms with Crippen molar-refractivity contribution in [2.45, 2.75) is 19.1 Å². The Bertz CT molecular complexity index is 305. The van der Waals surface area contributed by atoms with Gasteiger partial charge in [0, 0.05) is 17.5 Å². The fourth-order valence-corrected chi connectivity index (χ4v) is 1.15. The van der Waals surface area contributed by atoms with E-state index in [0.29, 0.717) is 11.8 Å². The summed E-state index contributed by atoms with van der Waals surface area (Å²) in [6.45, 7) is 1.64. The van der Waals surface area contributed by atoms with Crippen molar-refractivity contribution >= 4 is 6.29 Å². The molecule has 0 fully saturated rings. The molecule has 0 radical (unpaired) electrons. The first-order valence-electron chi connectivity index (χ1n) is 4.11. The van der Waals surface area contributed by atoms with Gasteiger partial charge in [-0.05, 0) is 0 Å². The second-order valence-electron chi connectivity index (χ2n) is 2.88. The van der Waals surface area contributed by atoms with E-state index < -0.39 is 5.79 Å². The number of aldehydes is 1. The van der Waals surface area contributed by atoms with Crippen LogP contribution in [0.3, 0.4) is 0 Å². The predicted molar refractivity (Wildman–Crippen MR) is 48.2 cm³/mol. The summed E-state index contributed by atoms with van der Waals surface area (Å²) in [7, 11) is 0. The number of carbonyl (C=O) groups excluding carboxylic acids is 1. The van der Waals surface area contributed by atoms with Gasteiger partial charge in [-0.3, -0.25) is 4.79 Å². The Labute approximate surface area is 76.6 Å². The van der Waals surface area contributed by atoms with Crippen LogP contribution < -0.4 is 0 Å². The maximum absolute atomic E-state index is 10.6. The molecular formula is C10H12O3. The third kappa shape index (κ3) is 1.94. The largest absolute Gasteiger partial charge is 0.362 e. The summed E-state index contributed by atoms with van der Waals surface area (Å²) in [6.07, 6.45) is 0.768. The number of benzene rings is 1. The molecule has 2 N–H and O–H groups in total. The normalized spacial score (nSPS) is 11.3. The van der Waals surface area contributed by atoms with Crippen molar-refractivity contribution in [1.82, 2.24) is 0 Å². The number of carbonyl (C=O) groups is 1. The molecule has 1 rings (SSSR count). The SMILES string of the molecule is CCC(O)(O)c1ccccc1C=O. The van der Waals surface area contributed by atoms with Crippen LogP contribution in [0.2, 0.25) is 0 Å². The Morgan fingerprint density at radius 3 is 2.54 bits per heavy atom. The topological polar surface area (TPSA) is 57.5 Å². The van der Waals surface area contributed by atoms with E-state index in [9.17, 15) is 15.0 Å². The number of hydrogen-bond donors (Lipinski definition) is 2. The second kappa shape index (κ2) is 3.68. The minimum atomic E-state index is -1.91. The fourth-order valence-electron chi connectivity index (χ4n) is 1.15. The molecule has 0 bridgehead atoms. The molecule has 3 nitrogen and oxygen atoms in total. The van der Waals surface area contributed by atoms with E-state index in [1.807, 2.05) is 0 Å². The Morgan fingerprint density at radius 1 is 1.38 bits per heavy atom.